The van der Waals surface area contributed by atoms with Gasteiger partial charge in [0.1, 0.15) is 5.52 Å². The van der Waals surface area contributed by atoms with Gasteiger partial charge in [0.05, 0.1) is 5.52 Å². The van der Waals surface area contributed by atoms with Crippen LogP contribution in [-0.2, 0) is 0 Å². The maximum Gasteiger partial charge on any atom is 0.280 e. The highest BCUT2D eigenvalue weighted by Gasteiger charge is 2.15. The van der Waals surface area contributed by atoms with Crippen molar-refractivity contribution in [1.29, 1.82) is 0 Å². The predicted molar refractivity (Wildman–Crippen MR) is 102 cm³/mol. The lowest BCUT2D eigenvalue weighted by Crippen LogP contribution is -2.13. The summed E-state index contributed by atoms with van der Waals surface area (Å²) in [6.45, 7) is 0. The van der Waals surface area contributed by atoms with E-state index >= 15 is 0 Å². The van der Waals surface area contributed by atoms with Gasteiger partial charge in [-0.1, -0.05) is 35.5 Å². The number of hydrogen-bond donors (Lipinski definition) is 0. The molecule has 0 aliphatic carbocycles. The quantitative estimate of drug-likeness (QED) is 0.482. The minimum atomic E-state index is -0.254. The number of carbonyl (C=O) groups is 1. The van der Waals surface area contributed by atoms with Crippen molar-refractivity contribution in [1.82, 2.24) is 25.2 Å². The van der Waals surface area contributed by atoms with E-state index in [1.54, 1.807) is 24.3 Å². The summed E-state index contributed by atoms with van der Waals surface area (Å²) in [6.07, 6.45) is 0. The monoisotopic (exact) mass is 367 g/mol. The first-order valence-electron chi connectivity index (χ1n) is 8.64. The van der Waals surface area contributed by atoms with Crippen molar-refractivity contribution in [2.45, 2.75) is 0 Å². The Balaban J connectivity index is 1.43. The van der Waals surface area contributed by atoms with Crippen LogP contribution in [0.1, 0.15) is 10.4 Å². The second-order valence-electron chi connectivity index (χ2n) is 6.15. The summed E-state index contributed by atoms with van der Waals surface area (Å²) in [5, 5.41) is 16.2. The second kappa shape index (κ2) is 6.55. The van der Waals surface area contributed by atoms with Gasteiger partial charge in [0.25, 0.3) is 5.91 Å². The van der Waals surface area contributed by atoms with Gasteiger partial charge in [-0.25, -0.2) is 0 Å². The zero-order chi connectivity index (χ0) is 18.9. The molecule has 0 spiro atoms. The number of hydrogen-bond acceptors (Lipinski definition) is 6. The lowest BCUT2D eigenvalue weighted by molar-refractivity contribution is 0.0948. The summed E-state index contributed by atoms with van der Waals surface area (Å²) in [4.78, 5) is 12.8. The molecule has 0 aliphatic rings. The molecule has 134 valence electrons. The van der Waals surface area contributed by atoms with Gasteiger partial charge in [-0.15, -0.1) is 15.3 Å². The normalized spacial score (nSPS) is 11.0. The summed E-state index contributed by atoms with van der Waals surface area (Å²) in [6, 6.07) is 23.8. The number of para-hydroxylation sites is 1. The molecular formula is C21H13N5O2. The average molecular weight is 367 g/mol. The van der Waals surface area contributed by atoms with E-state index in [0.717, 1.165) is 11.1 Å². The van der Waals surface area contributed by atoms with Crippen molar-refractivity contribution in [3.05, 3.63) is 84.4 Å². The lowest BCUT2D eigenvalue weighted by atomic mass is 10.1. The molecule has 0 amide bonds. The Morgan fingerprint density at radius 3 is 2.11 bits per heavy atom. The standard InChI is InChI=1S/C21H13N5O2/c27-21(26-18-9-5-4-8-17(18)22-25-26)16-12-10-15(11-13-16)20-24-23-19(28-20)14-6-2-1-3-7-14/h1-13H. The van der Waals surface area contributed by atoms with Crippen LogP contribution in [0.3, 0.4) is 0 Å². The molecule has 0 saturated carbocycles. The van der Waals surface area contributed by atoms with Crippen molar-refractivity contribution in [3.63, 3.8) is 0 Å². The van der Waals surface area contributed by atoms with Crippen LogP contribution in [0.5, 0.6) is 0 Å². The third kappa shape index (κ3) is 2.75. The zero-order valence-electron chi connectivity index (χ0n) is 14.6. The Kier molecular flexibility index (Phi) is 3.76. The van der Waals surface area contributed by atoms with Crippen LogP contribution < -0.4 is 0 Å². The molecule has 5 aromatic rings. The Morgan fingerprint density at radius 2 is 1.36 bits per heavy atom. The van der Waals surface area contributed by atoms with Crippen LogP contribution in [0.2, 0.25) is 0 Å². The molecule has 5 rings (SSSR count). The molecule has 0 atom stereocenters. The van der Waals surface area contributed by atoms with E-state index in [1.807, 2.05) is 54.6 Å². The van der Waals surface area contributed by atoms with Crippen molar-refractivity contribution >= 4 is 16.9 Å². The summed E-state index contributed by atoms with van der Waals surface area (Å²) in [5.41, 5.74) is 3.41. The van der Waals surface area contributed by atoms with E-state index in [4.69, 9.17) is 4.42 Å². The SMILES string of the molecule is O=C(c1ccc(-c2nnc(-c3ccccc3)o2)cc1)n1nnc2ccccc21. The molecule has 2 aromatic heterocycles. The van der Waals surface area contributed by atoms with E-state index in [-0.39, 0.29) is 5.91 Å². The minimum Gasteiger partial charge on any atom is -0.416 e. The lowest BCUT2D eigenvalue weighted by Gasteiger charge is -2.02. The third-order valence-electron chi connectivity index (χ3n) is 4.37. The van der Waals surface area contributed by atoms with Gasteiger partial charge >= 0.3 is 0 Å². The number of nitrogens with zero attached hydrogens (tertiary/aromatic N) is 5. The topological polar surface area (TPSA) is 86.7 Å². The molecule has 0 saturated heterocycles. The zero-order valence-corrected chi connectivity index (χ0v) is 14.6. The van der Waals surface area contributed by atoms with Crippen molar-refractivity contribution in [3.8, 4) is 22.9 Å². The fourth-order valence-electron chi connectivity index (χ4n) is 2.93. The summed E-state index contributed by atoms with van der Waals surface area (Å²) < 4.78 is 7.05. The smallest absolute Gasteiger partial charge is 0.280 e. The van der Waals surface area contributed by atoms with Crippen LogP contribution in [-0.4, -0.2) is 31.1 Å². The largest absolute Gasteiger partial charge is 0.416 e. The van der Waals surface area contributed by atoms with Crippen LogP contribution in [0.4, 0.5) is 0 Å². The van der Waals surface area contributed by atoms with Crippen LogP contribution >= 0.6 is 0 Å². The maximum atomic E-state index is 12.8. The van der Waals surface area contributed by atoms with E-state index < -0.39 is 0 Å². The molecule has 7 heteroatoms. The molecule has 0 unspecified atom stereocenters. The van der Waals surface area contributed by atoms with Crippen LogP contribution in [0, 0.1) is 0 Å². The minimum absolute atomic E-state index is 0.254. The number of fused-ring (bicyclic) bond motifs is 1. The van der Waals surface area contributed by atoms with Crippen molar-refractivity contribution in [2.75, 3.05) is 0 Å². The Labute approximate surface area is 159 Å². The van der Waals surface area contributed by atoms with Gasteiger partial charge in [-0.3, -0.25) is 4.79 Å². The van der Waals surface area contributed by atoms with Crippen LogP contribution in [0.15, 0.2) is 83.3 Å². The van der Waals surface area contributed by atoms with Gasteiger partial charge in [0, 0.05) is 16.7 Å². The van der Waals surface area contributed by atoms with E-state index in [1.165, 1.54) is 4.68 Å². The number of carbonyl (C=O) groups excluding carboxylic acids is 1. The van der Waals surface area contributed by atoms with Gasteiger partial charge in [0.2, 0.25) is 11.8 Å². The fraction of sp³-hybridized carbons (Fsp3) is 0. The average Bonchev–Trinajstić information content (AvgIpc) is 3.42. The highest BCUT2D eigenvalue weighted by molar-refractivity contribution is 6.00. The van der Waals surface area contributed by atoms with E-state index in [9.17, 15) is 4.79 Å². The maximum absolute atomic E-state index is 12.8. The first-order valence-corrected chi connectivity index (χ1v) is 8.64. The molecular weight excluding hydrogens is 354 g/mol. The Hall–Kier alpha value is -4.13. The number of rotatable bonds is 3. The fourth-order valence-corrected chi connectivity index (χ4v) is 2.93. The van der Waals surface area contributed by atoms with E-state index in [0.29, 0.717) is 28.4 Å². The molecule has 7 nitrogen and oxygen atoms in total. The summed E-state index contributed by atoms with van der Waals surface area (Å²) in [5.74, 6) is 0.588. The predicted octanol–water partition coefficient (Wildman–Crippen LogP) is 3.84. The summed E-state index contributed by atoms with van der Waals surface area (Å²) in [7, 11) is 0. The van der Waals surface area contributed by atoms with Crippen LogP contribution in [0.25, 0.3) is 33.9 Å². The number of benzene rings is 3. The van der Waals surface area contributed by atoms with Gasteiger partial charge in [-0.05, 0) is 48.5 Å². The van der Waals surface area contributed by atoms with Gasteiger partial charge < -0.3 is 4.42 Å². The molecule has 0 aliphatic heterocycles. The molecule has 0 fully saturated rings. The molecule has 0 radical (unpaired) electrons. The van der Waals surface area contributed by atoms with E-state index in [2.05, 4.69) is 20.5 Å². The second-order valence-corrected chi connectivity index (χ2v) is 6.15. The Morgan fingerprint density at radius 1 is 0.714 bits per heavy atom. The van der Waals surface area contributed by atoms with Gasteiger partial charge in [0.15, 0.2) is 0 Å². The summed E-state index contributed by atoms with van der Waals surface area (Å²) >= 11 is 0. The molecule has 0 N–H and O–H groups in total. The highest BCUT2D eigenvalue weighted by Crippen LogP contribution is 2.24. The van der Waals surface area contributed by atoms with Crippen molar-refractivity contribution < 1.29 is 9.21 Å². The molecule has 0 bridgehead atoms. The first-order chi connectivity index (χ1) is 13.8. The number of aromatic nitrogens is 5. The third-order valence-corrected chi connectivity index (χ3v) is 4.37. The Bertz CT molecular complexity index is 1270. The first kappa shape index (κ1) is 16.1. The van der Waals surface area contributed by atoms with Crippen molar-refractivity contribution in [2.24, 2.45) is 0 Å². The van der Waals surface area contributed by atoms with Gasteiger partial charge in [-0.2, -0.15) is 4.68 Å². The molecule has 3 aromatic carbocycles. The molecule has 2 heterocycles. The highest BCUT2D eigenvalue weighted by atomic mass is 16.4. The molecule has 28 heavy (non-hydrogen) atoms.